The first-order chi connectivity index (χ1) is 12.4. The Kier molecular flexibility index (Phi) is 4.44. The van der Waals surface area contributed by atoms with E-state index in [4.69, 9.17) is 5.11 Å². The van der Waals surface area contributed by atoms with Gasteiger partial charge in [-0.05, 0) is 53.9 Å². The van der Waals surface area contributed by atoms with Crippen LogP contribution in [0, 0.1) is 0 Å². The third-order valence-electron chi connectivity index (χ3n) is 5.18. The van der Waals surface area contributed by atoms with Crippen LogP contribution >= 0.6 is 0 Å². The zero-order valence-electron chi connectivity index (χ0n) is 16.4. The average molecular weight is 377 g/mol. The van der Waals surface area contributed by atoms with Crippen molar-refractivity contribution in [3.63, 3.8) is 0 Å². The van der Waals surface area contributed by atoms with Gasteiger partial charge in [0.2, 0.25) is 0 Å². The molecule has 1 saturated heterocycles. The summed E-state index contributed by atoms with van der Waals surface area (Å²) in [6.45, 7) is 9.25. The Balaban J connectivity index is 1.81. The molecule has 3 rings (SSSR count). The summed E-state index contributed by atoms with van der Waals surface area (Å²) in [6.07, 6.45) is 0.987. The Morgan fingerprint density at radius 1 is 1.33 bits per heavy atom. The van der Waals surface area contributed by atoms with Gasteiger partial charge in [0.05, 0.1) is 11.2 Å². The molecule has 3 N–H and O–H groups in total. The number of hydrogen-bond acceptors (Lipinski definition) is 4. The molecule has 1 aromatic heterocycles. The molecule has 2 aliphatic rings. The molecule has 0 radical (unpaired) electrons. The molecule has 4 amide bonds. The molecule has 2 heterocycles. The van der Waals surface area contributed by atoms with Crippen molar-refractivity contribution in [1.29, 1.82) is 0 Å². The number of urea groups is 1. The van der Waals surface area contributed by atoms with Crippen LogP contribution in [0.1, 0.15) is 65.5 Å². The van der Waals surface area contributed by atoms with E-state index >= 15 is 0 Å². The lowest BCUT2D eigenvalue weighted by molar-refractivity contribution is -0.131. The second-order valence-corrected chi connectivity index (χ2v) is 8.86. The maximum absolute atomic E-state index is 12.5. The Hall–Kier alpha value is -2.58. The van der Waals surface area contributed by atoms with Crippen LogP contribution in [-0.2, 0) is 10.3 Å². The van der Waals surface area contributed by atoms with Gasteiger partial charge in [0, 0.05) is 18.0 Å². The third kappa shape index (κ3) is 3.50. The molecule has 148 valence electrons. The third-order valence-corrected chi connectivity index (χ3v) is 5.18. The molecule has 9 heteroatoms. The molecular weight excluding hydrogens is 350 g/mol. The monoisotopic (exact) mass is 377 g/mol. The van der Waals surface area contributed by atoms with Crippen molar-refractivity contribution in [2.45, 2.75) is 76.9 Å². The topological polar surface area (TPSA) is 117 Å². The van der Waals surface area contributed by atoms with Crippen LogP contribution in [0.25, 0.3) is 0 Å². The van der Waals surface area contributed by atoms with Gasteiger partial charge in [-0.25, -0.2) is 14.3 Å². The number of aromatic nitrogens is 2. The minimum atomic E-state index is -1.14. The number of carbonyl (C=O) groups excluding carboxylic acids is 2. The van der Waals surface area contributed by atoms with Gasteiger partial charge in [-0.2, -0.15) is 5.10 Å². The summed E-state index contributed by atoms with van der Waals surface area (Å²) in [5, 5.41) is 18.8. The number of anilines is 1. The first-order valence-corrected chi connectivity index (χ1v) is 9.16. The molecule has 2 atom stereocenters. The number of imide groups is 1. The fourth-order valence-corrected chi connectivity index (χ4v) is 3.88. The Bertz CT molecular complexity index is 792. The summed E-state index contributed by atoms with van der Waals surface area (Å²) < 4.78 is 1.67. The van der Waals surface area contributed by atoms with Gasteiger partial charge >= 0.3 is 12.1 Å². The summed E-state index contributed by atoms with van der Waals surface area (Å²) >= 11 is 0. The van der Waals surface area contributed by atoms with Gasteiger partial charge in [-0.3, -0.25) is 15.0 Å². The molecular formula is C18H27N5O4. The second kappa shape index (κ2) is 6.24. The van der Waals surface area contributed by atoms with E-state index < -0.39 is 11.6 Å². The summed E-state index contributed by atoms with van der Waals surface area (Å²) in [5.74, 6) is 0.286. The maximum Gasteiger partial charge on any atom is 0.410 e. The highest BCUT2D eigenvalue weighted by molar-refractivity contribution is 6.06. The van der Waals surface area contributed by atoms with Crippen molar-refractivity contribution in [3.8, 4) is 0 Å². The molecule has 0 spiro atoms. The molecule has 0 aromatic carbocycles. The van der Waals surface area contributed by atoms with Crippen molar-refractivity contribution >= 4 is 23.8 Å². The van der Waals surface area contributed by atoms with Gasteiger partial charge in [0.15, 0.2) is 0 Å². The number of nitrogens with zero attached hydrogens (tertiary/aromatic N) is 3. The first-order valence-electron chi connectivity index (χ1n) is 9.16. The predicted octanol–water partition coefficient (Wildman–Crippen LogP) is 2.69. The fourth-order valence-electron chi connectivity index (χ4n) is 3.88. The van der Waals surface area contributed by atoms with Gasteiger partial charge in [0.25, 0.3) is 5.91 Å². The van der Waals surface area contributed by atoms with Crippen LogP contribution in [0.2, 0.25) is 0 Å². The molecule has 1 aliphatic heterocycles. The summed E-state index contributed by atoms with van der Waals surface area (Å²) in [7, 11) is 0. The van der Waals surface area contributed by atoms with Crippen molar-refractivity contribution in [1.82, 2.24) is 20.0 Å². The van der Waals surface area contributed by atoms with Crippen LogP contribution in [0.4, 0.5) is 15.4 Å². The van der Waals surface area contributed by atoms with Crippen molar-refractivity contribution < 1.29 is 19.5 Å². The minimum Gasteiger partial charge on any atom is -0.465 e. The van der Waals surface area contributed by atoms with E-state index in [9.17, 15) is 14.4 Å². The molecule has 27 heavy (non-hydrogen) atoms. The largest absolute Gasteiger partial charge is 0.465 e. The lowest BCUT2D eigenvalue weighted by Crippen LogP contribution is -2.42. The fraction of sp³-hybridized carbons (Fsp3) is 0.667. The molecule has 1 aliphatic carbocycles. The number of carboxylic acid groups (broad SMARTS) is 1. The van der Waals surface area contributed by atoms with E-state index in [0.717, 1.165) is 12.1 Å². The molecule has 2 fully saturated rings. The van der Waals surface area contributed by atoms with Crippen molar-refractivity contribution in [2.75, 3.05) is 5.32 Å². The lowest BCUT2D eigenvalue weighted by Gasteiger charge is -2.22. The lowest BCUT2D eigenvalue weighted by atomic mass is 10.0. The van der Waals surface area contributed by atoms with Crippen LogP contribution < -0.4 is 10.6 Å². The van der Waals surface area contributed by atoms with Crippen molar-refractivity contribution in [2.24, 2.45) is 0 Å². The minimum absolute atomic E-state index is 0.0669. The van der Waals surface area contributed by atoms with Gasteiger partial charge in [-0.15, -0.1) is 0 Å². The smallest absolute Gasteiger partial charge is 0.410 e. The zero-order valence-corrected chi connectivity index (χ0v) is 16.4. The number of rotatable bonds is 3. The number of hydrogen-bond donors (Lipinski definition) is 3. The van der Waals surface area contributed by atoms with E-state index in [-0.39, 0.29) is 29.4 Å². The Morgan fingerprint density at radius 3 is 2.52 bits per heavy atom. The first kappa shape index (κ1) is 19.2. The van der Waals surface area contributed by atoms with E-state index in [1.807, 2.05) is 20.8 Å². The molecule has 0 bridgehead atoms. The predicted molar refractivity (Wildman–Crippen MR) is 98.7 cm³/mol. The number of nitrogens with one attached hydrogen (secondary N) is 2. The van der Waals surface area contributed by atoms with Gasteiger partial charge in [-0.1, -0.05) is 0 Å². The highest BCUT2D eigenvalue weighted by Gasteiger charge is 2.49. The number of carbonyl (C=O) groups is 3. The van der Waals surface area contributed by atoms with E-state index in [1.54, 1.807) is 24.6 Å². The van der Waals surface area contributed by atoms with Crippen LogP contribution in [0.3, 0.4) is 0 Å². The highest BCUT2D eigenvalue weighted by Crippen LogP contribution is 2.39. The summed E-state index contributed by atoms with van der Waals surface area (Å²) in [6, 6.07) is 1.24. The maximum atomic E-state index is 12.5. The Morgan fingerprint density at radius 2 is 2.00 bits per heavy atom. The normalized spacial score (nSPS) is 25.0. The van der Waals surface area contributed by atoms with Crippen LogP contribution in [0.5, 0.6) is 0 Å². The van der Waals surface area contributed by atoms with Crippen molar-refractivity contribution in [3.05, 3.63) is 11.8 Å². The second-order valence-electron chi connectivity index (χ2n) is 8.86. The molecule has 0 unspecified atom stereocenters. The van der Waals surface area contributed by atoms with Gasteiger partial charge in [0.1, 0.15) is 11.4 Å². The highest BCUT2D eigenvalue weighted by atomic mass is 16.4. The molecule has 1 saturated carbocycles. The Labute approximate surface area is 158 Å². The molecule has 9 nitrogen and oxygen atoms in total. The standard InChI is InChI=1S/C18H27N5O4/c1-17(2,3)23-13(19-16(26)27)9-12(21-23)10-6-7-11(8-10)22-14(24)18(4,5)20-15(22)25/h9-11,19H,6-8H2,1-5H3,(H,20,25)(H,26,27)/t10-,11-/m1/s1. The van der Waals surface area contributed by atoms with E-state index in [2.05, 4.69) is 15.7 Å². The van der Waals surface area contributed by atoms with E-state index in [0.29, 0.717) is 18.7 Å². The quantitative estimate of drug-likeness (QED) is 0.700. The van der Waals surface area contributed by atoms with E-state index in [1.165, 1.54) is 4.90 Å². The zero-order chi connectivity index (χ0) is 20.1. The van der Waals surface area contributed by atoms with Gasteiger partial charge < -0.3 is 10.4 Å². The van der Waals surface area contributed by atoms with Crippen LogP contribution in [0.15, 0.2) is 6.07 Å². The summed E-state index contributed by atoms with van der Waals surface area (Å²) in [4.78, 5) is 37.2. The SMILES string of the molecule is CC1(C)NC(=O)N([C@@H]2CC[C@@H](c3cc(NC(=O)O)n(C(C)(C)C)n3)C2)C1=O. The summed E-state index contributed by atoms with van der Waals surface area (Å²) in [5.41, 5.74) is -0.479. The number of amides is 4. The molecule has 1 aromatic rings. The van der Waals surface area contributed by atoms with Crippen LogP contribution in [-0.4, -0.2) is 49.4 Å². The average Bonchev–Trinajstić information content (AvgIpc) is 3.16.